The SMILES string of the molecule is Cc1cc(C)c(CNCC(C)C)c(-n2cccn2)n1. The van der Waals surface area contributed by atoms with Gasteiger partial charge in [0.15, 0.2) is 5.82 Å². The van der Waals surface area contributed by atoms with E-state index in [9.17, 15) is 0 Å². The Morgan fingerprint density at radius 3 is 2.74 bits per heavy atom. The van der Waals surface area contributed by atoms with Gasteiger partial charge in [0, 0.05) is 30.2 Å². The summed E-state index contributed by atoms with van der Waals surface area (Å²) in [6, 6.07) is 4.05. The van der Waals surface area contributed by atoms with Crippen LogP contribution in [0.1, 0.15) is 30.7 Å². The summed E-state index contributed by atoms with van der Waals surface area (Å²) in [6.45, 7) is 10.4. The predicted molar refractivity (Wildman–Crippen MR) is 77.4 cm³/mol. The summed E-state index contributed by atoms with van der Waals surface area (Å²) in [6.07, 6.45) is 3.72. The van der Waals surface area contributed by atoms with E-state index >= 15 is 0 Å². The molecule has 0 fully saturated rings. The van der Waals surface area contributed by atoms with Gasteiger partial charge in [0.2, 0.25) is 0 Å². The van der Waals surface area contributed by atoms with Crippen molar-refractivity contribution in [2.75, 3.05) is 6.54 Å². The lowest BCUT2D eigenvalue weighted by Gasteiger charge is -2.14. The summed E-state index contributed by atoms with van der Waals surface area (Å²) in [5.74, 6) is 1.57. The molecule has 2 aromatic rings. The van der Waals surface area contributed by atoms with E-state index in [0.29, 0.717) is 5.92 Å². The van der Waals surface area contributed by atoms with Crippen LogP contribution in [0.4, 0.5) is 0 Å². The molecule has 4 nitrogen and oxygen atoms in total. The minimum atomic E-state index is 0.645. The Morgan fingerprint density at radius 2 is 2.11 bits per heavy atom. The number of aryl methyl sites for hydroxylation is 2. The van der Waals surface area contributed by atoms with Crippen molar-refractivity contribution in [3.63, 3.8) is 0 Å². The topological polar surface area (TPSA) is 42.7 Å². The number of aromatic nitrogens is 3. The molecule has 0 aliphatic rings. The second-order valence-electron chi connectivity index (χ2n) is 5.36. The highest BCUT2D eigenvalue weighted by molar-refractivity contribution is 5.40. The molecule has 1 N–H and O–H groups in total. The lowest BCUT2D eigenvalue weighted by molar-refractivity contribution is 0.549. The van der Waals surface area contributed by atoms with Crippen LogP contribution < -0.4 is 5.32 Å². The lowest BCUT2D eigenvalue weighted by Crippen LogP contribution is -2.21. The van der Waals surface area contributed by atoms with Gasteiger partial charge in [-0.2, -0.15) is 5.10 Å². The molecule has 0 atom stereocenters. The molecule has 102 valence electrons. The molecule has 0 saturated heterocycles. The highest BCUT2D eigenvalue weighted by Gasteiger charge is 2.11. The number of rotatable bonds is 5. The maximum absolute atomic E-state index is 4.63. The Kier molecular flexibility index (Phi) is 4.32. The van der Waals surface area contributed by atoms with Gasteiger partial charge in [0.05, 0.1) is 0 Å². The number of nitrogens with zero attached hydrogens (tertiary/aromatic N) is 3. The van der Waals surface area contributed by atoms with Gasteiger partial charge in [0.25, 0.3) is 0 Å². The first-order valence-electron chi connectivity index (χ1n) is 6.75. The van der Waals surface area contributed by atoms with Crippen molar-refractivity contribution in [3.8, 4) is 5.82 Å². The summed E-state index contributed by atoms with van der Waals surface area (Å²) < 4.78 is 1.84. The first-order valence-corrected chi connectivity index (χ1v) is 6.75. The van der Waals surface area contributed by atoms with Crippen LogP contribution in [0.15, 0.2) is 24.5 Å². The lowest BCUT2D eigenvalue weighted by atomic mass is 10.1. The number of hydrogen-bond donors (Lipinski definition) is 1. The van der Waals surface area contributed by atoms with E-state index in [2.05, 4.69) is 42.2 Å². The Hall–Kier alpha value is -1.68. The van der Waals surface area contributed by atoms with E-state index in [-0.39, 0.29) is 0 Å². The third kappa shape index (κ3) is 3.41. The standard InChI is InChI=1S/C15H22N4/c1-11(2)9-16-10-14-12(3)8-13(4)18-15(14)19-7-5-6-17-19/h5-8,11,16H,9-10H2,1-4H3. The second-order valence-corrected chi connectivity index (χ2v) is 5.36. The van der Waals surface area contributed by atoms with Gasteiger partial charge in [-0.3, -0.25) is 0 Å². The fraction of sp³-hybridized carbons (Fsp3) is 0.467. The molecule has 0 radical (unpaired) electrons. The zero-order valence-electron chi connectivity index (χ0n) is 12.1. The van der Waals surface area contributed by atoms with Gasteiger partial charge in [-0.05, 0) is 44.0 Å². The molecule has 0 bridgehead atoms. The van der Waals surface area contributed by atoms with E-state index in [4.69, 9.17) is 0 Å². The minimum absolute atomic E-state index is 0.645. The molecule has 0 aliphatic carbocycles. The van der Waals surface area contributed by atoms with Crippen molar-refractivity contribution >= 4 is 0 Å². The van der Waals surface area contributed by atoms with Gasteiger partial charge in [-0.25, -0.2) is 9.67 Å². The summed E-state index contributed by atoms with van der Waals surface area (Å²) in [5, 5.41) is 7.78. The first-order chi connectivity index (χ1) is 9.08. The molecule has 0 amide bonds. The van der Waals surface area contributed by atoms with Gasteiger partial charge in [-0.1, -0.05) is 13.8 Å². The maximum atomic E-state index is 4.63. The van der Waals surface area contributed by atoms with Gasteiger partial charge in [0.1, 0.15) is 0 Å². The van der Waals surface area contributed by atoms with Crippen LogP contribution in [0.5, 0.6) is 0 Å². The third-order valence-corrected chi connectivity index (χ3v) is 3.03. The molecule has 2 aromatic heterocycles. The number of pyridine rings is 1. The normalized spacial score (nSPS) is 11.2. The summed E-state index contributed by atoms with van der Waals surface area (Å²) in [4.78, 5) is 4.63. The van der Waals surface area contributed by atoms with Crippen LogP contribution in [0, 0.1) is 19.8 Å². The zero-order chi connectivity index (χ0) is 13.8. The van der Waals surface area contributed by atoms with Crippen molar-refractivity contribution in [3.05, 3.63) is 41.3 Å². The Morgan fingerprint density at radius 1 is 1.32 bits per heavy atom. The average molecular weight is 258 g/mol. The zero-order valence-corrected chi connectivity index (χ0v) is 12.1. The minimum Gasteiger partial charge on any atom is -0.312 e. The highest BCUT2D eigenvalue weighted by atomic mass is 15.3. The van der Waals surface area contributed by atoms with E-state index in [0.717, 1.165) is 24.6 Å². The van der Waals surface area contributed by atoms with Crippen LogP contribution in [0.3, 0.4) is 0 Å². The van der Waals surface area contributed by atoms with Gasteiger partial charge in [-0.15, -0.1) is 0 Å². The van der Waals surface area contributed by atoms with E-state index in [1.54, 1.807) is 6.20 Å². The molecule has 0 spiro atoms. The smallest absolute Gasteiger partial charge is 0.158 e. The van der Waals surface area contributed by atoms with Crippen molar-refractivity contribution in [2.24, 2.45) is 5.92 Å². The quantitative estimate of drug-likeness (QED) is 0.896. The summed E-state index contributed by atoms with van der Waals surface area (Å²) in [5.41, 5.74) is 3.50. The molecule has 0 unspecified atom stereocenters. The van der Waals surface area contributed by atoms with E-state index in [1.807, 2.05) is 23.9 Å². The molecule has 4 heteroatoms. The maximum Gasteiger partial charge on any atom is 0.158 e. The van der Waals surface area contributed by atoms with Crippen molar-refractivity contribution in [1.29, 1.82) is 0 Å². The third-order valence-electron chi connectivity index (χ3n) is 3.03. The fourth-order valence-electron chi connectivity index (χ4n) is 2.13. The largest absolute Gasteiger partial charge is 0.312 e. The molecule has 0 saturated carbocycles. The van der Waals surface area contributed by atoms with Crippen LogP contribution in [0.2, 0.25) is 0 Å². The van der Waals surface area contributed by atoms with E-state index < -0.39 is 0 Å². The molecule has 2 heterocycles. The van der Waals surface area contributed by atoms with Gasteiger partial charge < -0.3 is 5.32 Å². The van der Waals surface area contributed by atoms with E-state index in [1.165, 1.54) is 11.1 Å². The highest BCUT2D eigenvalue weighted by Crippen LogP contribution is 2.17. The van der Waals surface area contributed by atoms with Crippen molar-refractivity contribution < 1.29 is 0 Å². The molecular weight excluding hydrogens is 236 g/mol. The van der Waals surface area contributed by atoms with Crippen molar-refractivity contribution in [2.45, 2.75) is 34.2 Å². The molecule has 0 aromatic carbocycles. The molecule has 2 rings (SSSR count). The Bertz CT molecular complexity index is 529. The Labute approximate surface area is 114 Å². The molecule has 0 aliphatic heterocycles. The molecular formula is C15H22N4. The second kappa shape index (κ2) is 5.97. The fourth-order valence-corrected chi connectivity index (χ4v) is 2.13. The summed E-state index contributed by atoms with van der Waals surface area (Å²) >= 11 is 0. The average Bonchev–Trinajstić information content (AvgIpc) is 2.84. The number of hydrogen-bond acceptors (Lipinski definition) is 3. The number of nitrogens with one attached hydrogen (secondary N) is 1. The predicted octanol–water partition coefficient (Wildman–Crippen LogP) is 2.63. The van der Waals surface area contributed by atoms with Crippen LogP contribution in [-0.2, 0) is 6.54 Å². The van der Waals surface area contributed by atoms with Crippen LogP contribution >= 0.6 is 0 Å². The first kappa shape index (κ1) is 13.7. The monoisotopic (exact) mass is 258 g/mol. The van der Waals surface area contributed by atoms with Crippen LogP contribution in [-0.4, -0.2) is 21.3 Å². The summed E-state index contributed by atoms with van der Waals surface area (Å²) in [7, 11) is 0. The van der Waals surface area contributed by atoms with Gasteiger partial charge >= 0.3 is 0 Å². The molecule has 19 heavy (non-hydrogen) atoms. The van der Waals surface area contributed by atoms with Crippen LogP contribution in [0.25, 0.3) is 5.82 Å². The Balaban J connectivity index is 2.30. The van der Waals surface area contributed by atoms with Crippen molar-refractivity contribution in [1.82, 2.24) is 20.1 Å².